The Hall–Kier alpha value is -1.78. The van der Waals surface area contributed by atoms with E-state index in [1.165, 1.54) is 4.90 Å². The molecule has 0 radical (unpaired) electrons. The lowest BCUT2D eigenvalue weighted by atomic mass is 9.92. The van der Waals surface area contributed by atoms with Gasteiger partial charge in [-0.3, -0.25) is 9.69 Å². The van der Waals surface area contributed by atoms with E-state index in [2.05, 4.69) is 47.6 Å². The molecular weight excluding hydrogens is 318 g/mol. The molecule has 1 N–H and O–H groups in total. The maximum absolute atomic E-state index is 11.8. The van der Waals surface area contributed by atoms with Crippen LogP contribution in [0.3, 0.4) is 0 Å². The molecule has 1 aliphatic heterocycles. The minimum Gasteiger partial charge on any atom is -0.480 e. The van der Waals surface area contributed by atoms with Crippen LogP contribution in [0.4, 0.5) is 0 Å². The van der Waals surface area contributed by atoms with Crippen LogP contribution < -0.4 is 0 Å². The number of piperidine rings is 1. The van der Waals surface area contributed by atoms with E-state index in [-0.39, 0.29) is 6.04 Å². The van der Waals surface area contributed by atoms with Crippen molar-refractivity contribution in [3.05, 3.63) is 65.7 Å². The second-order valence-corrected chi connectivity index (χ2v) is 7.05. The first-order valence-electron chi connectivity index (χ1n) is 8.38. The minimum absolute atomic E-state index is 0.0106. The third-order valence-corrected chi connectivity index (χ3v) is 5.45. The summed E-state index contributed by atoms with van der Waals surface area (Å²) in [7, 11) is 0. The van der Waals surface area contributed by atoms with E-state index >= 15 is 0 Å². The summed E-state index contributed by atoms with van der Waals surface area (Å²) in [6.07, 6.45) is 4.83. The smallest absolute Gasteiger partial charge is 0.320 e. The number of hydrogen-bond donors (Lipinski definition) is 1. The predicted molar refractivity (Wildman–Crippen MR) is 98.5 cm³/mol. The summed E-state index contributed by atoms with van der Waals surface area (Å²) < 4.78 is 0. The van der Waals surface area contributed by atoms with Gasteiger partial charge in [-0.2, -0.15) is 0 Å². The Morgan fingerprint density at radius 2 is 1.75 bits per heavy atom. The van der Waals surface area contributed by atoms with Crippen molar-refractivity contribution in [3.63, 3.8) is 0 Å². The highest BCUT2D eigenvalue weighted by Crippen LogP contribution is 2.34. The lowest BCUT2D eigenvalue weighted by Gasteiger charge is -2.39. The number of thioether (sulfide) groups is 1. The number of rotatable bonds is 5. The molecule has 3 rings (SSSR count). The van der Waals surface area contributed by atoms with Crippen LogP contribution in [-0.2, 0) is 4.79 Å². The molecule has 4 heteroatoms. The second-order valence-electron chi connectivity index (χ2n) is 6.17. The zero-order valence-electron chi connectivity index (χ0n) is 13.9. The van der Waals surface area contributed by atoms with Crippen molar-refractivity contribution in [3.8, 4) is 0 Å². The second kappa shape index (κ2) is 7.86. The zero-order valence-corrected chi connectivity index (χ0v) is 14.7. The van der Waals surface area contributed by atoms with Gasteiger partial charge in [-0.15, -0.1) is 11.8 Å². The number of likely N-dealkylation sites (tertiary alicyclic amines) is 1. The van der Waals surface area contributed by atoms with Crippen molar-refractivity contribution in [2.45, 2.75) is 36.2 Å². The van der Waals surface area contributed by atoms with Gasteiger partial charge in [0, 0.05) is 4.90 Å². The topological polar surface area (TPSA) is 40.5 Å². The van der Waals surface area contributed by atoms with Crippen LogP contribution in [0.25, 0.3) is 0 Å². The van der Waals surface area contributed by atoms with E-state index in [1.807, 2.05) is 18.2 Å². The van der Waals surface area contributed by atoms with E-state index in [9.17, 15) is 9.90 Å². The van der Waals surface area contributed by atoms with E-state index < -0.39 is 12.0 Å². The fraction of sp³-hybridized carbons (Fsp3) is 0.350. The summed E-state index contributed by atoms with van der Waals surface area (Å²) >= 11 is 1.72. The molecule has 2 aromatic carbocycles. The average Bonchev–Trinajstić information content (AvgIpc) is 2.64. The quantitative estimate of drug-likeness (QED) is 0.817. The number of hydrogen-bond acceptors (Lipinski definition) is 3. The van der Waals surface area contributed by atoms with Crippen LogP contribution >= 0.6 is 11.8 Å². The van der Waals surface area contributed by atoms with Gasteiger partial charge in [0.25, 0.3) is 0 Å². The van der Waals surface area contributed by atoms with Gasteiger partial charge in [0.1, 0.15) is 6.04 Å². The SMILES string of the molecule is CSc1ccc(C(c2ccccc2)N2CCCCC2C(=O)O)cc1. The van der Waals surface area contributed by atoms with Crippen molar-refractivity contribution in [2.75, 3.05) is 12.8 Å². The predicted octanol–water partition coefficient (Wildman–Crippen LogP) is 4.44. The van der Waals surface area contributed by atoms with Gasteiger partial charge in [-0.1, -0.05) is 48.9 Å². The van der Waals surface area contributed by atoms with Crippen molar-refractivity contribution in [1.82, 2.24) is 4.90 Å². The van der Waals surface area contributed by atoms with E-state index in [0.29, 0.717) is 0 Å². The number of carbonyl (C=O) groups is 1. The van der Waals surface area contributed by atoms with E-state index in [1.54, 1.807) is 11.8 Å². The molecule has 0 amide bonds. The van der Waals surface area contributed by atoms with Crippen LogP contribution in [0, 0.1) is 0 Å². The molecule has 0 spiro atoms. The average molecular weight is 341 g/mol. The molecule has 2 atom stereocenters. The monoisotopic (exact) mass is 341 g/mol. The van der Waals surface area contributed by atoms with E-state index in [4.69, 9.17) is 0 Å². The maximum Gasteiger partial charge on any atom is 0.320 e. The van der Waals surface area contributed by atoms with Crippen LogP contribution in [0.1, 0.15) is 36.4 Å². The van der Waals surface area contributed by atoms with Crippen molar-refractivity contribution < 1.29 is 9.90 Å². The third kappa shape index (κ3) is 3.65. The molecule has 24 heavy (non-hydrogen) atoms. The summed E-state index contributed by atoms with van der Waals surface area (Å²) in [5.74, 6) is -0.712. The number of benzene rings is 2. The number of carboxylic acids is 1. The highest BCUT2D eigenvalue weighted by Gasteiger charge is 2.34. The highest BCUT2D eigenvalue weighted by molar-refractivity contribution is 7.98. The van der Waals surface area contributed by atoms with Crippen LogP contribution in [-0.4, -0.2) is 34.8 Å². The summed E-state index contributed by atoms with van der Waals surface area (Å²) in [4.78, 5) is 15.2. The Kier molecular flexibility index (Phi) is 5.59. The van der Waals surface area contributed by atoms with Gasteiger partial charge < -0.3 is 5.11 Å². The van der Waals surface area contributed by atoms with Gasteiger partial charge in [-0.25, -0.2) is 0 Å². The van der Waals surface area contributed by atoms with Crippen molar-refractivity contribution in [2.24, 2.45) is 0 Å². The Labute approximate surface area is 147 Å². The van der Waals surface area contributed by atoms with Gasteiger partial charge in [-0.05, 0) is 48.9 Å². The molecule has 3 nitrogen and oxygen atoms in total. The van der Waals surface area contributed by atoms with Gasteiger partial charge in [0.2, 0.25) is 0 Å². The number of aliphatic carboxylic acids is 1. The molecular formula is C20H23NO2S. The highest BCUT2D eigenvalue weighted by atomic mass is 32.2. The first-order chi connectivity index (χ1) is 11.7. The molecule has 0 saturated carbocycles. The Bertz CT molecular complexity index is 672. The molecule has 1 aliphatic rings. The number of nitrogens with zero attached hydrogens (tertiary/aromatic N) is 1. The number of carboxylic acid groups (broad SMARTS) is 1. The largest absolute Gasteiger partial charge is 0.480 e. The lowest BCUT2D eigenvalue weighted by Crippen LogP contribution is -2.46. The summed E-state index contributed by atoms with van der Waals surface area (Å²) in [5.41, 5.74) is 2.31. The standard InChI is InChI=1S/C20H23NO2S/c1-24-17-12-10-16(11-13-17)19(15-7-3-2-4-8-15)21-14-6-5-9-18(21)20(22)23/h2-4,7-8,10-13,18-19H,5-6,9,14H2,1H3,(H,22,23). The summed E-state index contributed by atoms with van der Waals surface area (Å²) in [6.45, 7) is 0.820. The fourth-order valence-corrected chi connectivity index (χ4v) is 3.93. The van der Waals surface area contributed by atoms with Crippen molar-refractivity contribution >= 4 is 17.7 Å². The van der Waals surface area contributed by atoms with Crippen LogP contribution in [0.15, 0.2) is 59.5 Å². The van der Waals surface area contributed by atoms with Gasteiger partial charge >= 0.3 is 5.97 Å². The minimum atomic E-state index is -0.712. The van der Waals surface area contributed by atoms with Gasteiger partial charge in [0.05, 0.1) is 6.04 Å². The molecule has 0 bridgehead atoms. The summed E-state index contributed by atoms with van der Waals surface area (Å²) in [6, 6.07) is 18.3. The van der Waals surface area contributed by atoms with E-state index in [0.717, 1.165) is 36.9 Å². The lowest BCUT2D eigenvalue weighted by molar-refractivity contribution is -0.145. The zero-order chi connectivity index (χ0) is 16.9. The fourth-order valence-electron chi connectivity index (χ4n) is 3.53. The summed E-state index contributed by atoms with van der Waals surface area (Å²) in [5, 5.41) is 9.69. The Balaban J connectivity index is 2.02. The molecule has 1 fully saturated rings. The first-order valence-corrected chi connectivity index (χ1v) is 9.60. The molecule has 0 aromatic heterocycles. The third-order valence-electron chi connectivity index (χ3n) is 4.71. The Morgan fingerprint density at radius 3 is 2.38 bits per heavy atom. The molecule has 0 aliphatic carbocycles. The molecule has 2 unspecified atom stereocenters. The van der Waals surface area contributed by atoms with Crippen LogP contribution in [0.2, 0.25) is 0 Å². The van der Waals surface area contributed by atoms with Gasteiger partial charge in [0.15, 0.2) is 0 Å². The molecule has 1 saturated heterocycles. The normalized spacial score (nSPS) is 19.8. The molecule has 126 valence electrons. The molecule has 1 heterocycles. The maximum atomic E-state index is 11.8. The van der Waals surface area contributed by atoms with Crippen molar-refractivity contribution in [1.29, 1.82) is 0 Å². The molecule has 2 aromatic rings. The Morgan fingerprint density at radius 1 is 1.08 bits per heavy atom. The first kappa shape index (κ1) is 17.1. The van der Waals surface area contributed by atoms with Crippen LogP contribution in [0.5, 0.6) is 0 Å².